The zero-order valence-electron chi connectivity index (χ0n) is 13.8. The number of para-hydroxylation sites is 1. The van der Waals surface area contributed by atoms with Gasteiger partial charge in [-0.25, -0.2) is 0 Å². The highest BCUT2D eigenvalue weighted by Crippen LogP contribution is 2.27. The van der Waals surface area contributed by atoms with Crippen LogP contribution in [-0.2, 0) is 16.7 Å². The zero-order valence-corrected chi connectivity index (χ0v) is 13.8. The fourth-order valence-electron chi connectivity index (χ4n) is 2.39. The van der Waals surface area contributed by atoms with E-state index in [-0.39, 0.29) is 5.41 Å². The predicted molar refractivity (Wildman–Crippen MR) is 88.8 cm³/mol. The van der Waals surface area contributed by atoms with E-state index in [4.69, 9.17) is 9.72 Å². The molecule has 1 heterocycles. The molecule has 1 aromatic carbocycles. The molecule has 2 aromatic rings. The molecule has 0 bridgehead atoms. The number of ether oxygens (including phenoxy) is 1. The van der Waals surface area contributed by atoms with Crippen LogP contribution >= 0.6 is 0 Å². The first-order valence-corrected chi connectivity index (χ1v) is 7.53. The lowest BCUT2D eigenvalue weighted by molar-refractivity contribution is 0.199. The summed E-state index contributed by atoms with van der Waals surface area (Å²) in [7, 11) is 1.73. The lowest BCUT2D eigenvalue weighted by Gasteiger charge is -2.21. The standard InChI is InChI=1S/C18H26N2O/c1-13-7-6-8-15-14(12-19-9-10-21-5)11-16(18(2,3)4)20-17(13)15/h6-8,11,19H,9-10,12H2,1-5H3. The van der Waals surface area contributed by atoms with E-state index in [1.54, 1.807) is 7.11 Å². The number of benzene rings is 1. The van der Waals surface area contributed by atoms with E-state index in [1.165, 1.54) is 16.5 Å². The van der Waals surface area contributed by atoms with Crippen molar-refractivity contribution in [2.75, 3.05) is 20.3 Å². The smallest absolute Gasteiger partial charge is 0.0737 e. The predicted octanol–water partition coefficient (Wildman–Crippen LogP) is 3.58. The quantitative estimate of drug-likeness (QED) is 0.853. The Hall–Kier alpha value is -1.45. The highest BCUT2D eigenvalue weighted by molar-refractivity contribution is 5.85. The van der Waals surface area contributed by atoms with Gasteiger partial charge in [0.15, 0.2) is 0 Å². The molecule has 0 fully saturated rings. The third-order valence-electron chi connectivity index (χ3n) is 3.69. The molecule has 0 saturated heterocycles. The molecule has 0 unspecified atom stereocenters. The molecule has 1 aromatic heterocycles. The van der Waals surface area contributed by atoms with Gasteiger partial charge in [-0.2, -0.15) is 0 Å². The van der Waals surface area contributed by atoms with Crippen molar-refractivity contribution in [1.29, 1.82) is 0 Å². The summed E-state index contributed by atoms with van der Waals surface area (Å²) in [5, 5.41) is 4.68. The highest BCUT2D eigenvalue weighted by atomic mass is 16.5. The number of aromatic nitrogens is 1. The van der Waals surface area contributed by atoms with E-state index in [1.807, 2.05) is 0 Å². The van der Waals surface area contributed by atoms with Crippen LogP contribution in [-0.4, -0.2) is 25.2 Å². The van der Waals surface area contributed by atoms with Crippen LogP contribution in [0.5, 0.6) is 0 Å². The van der Waals surface area contributed by atoms with Crippen LogP contribution in [0.15, 0.2) is 24.3 Å². The zero-order chi connectivity index (χ0) is 15.5. The molecule has 0 saturated carbocycles. The molecular formula is C18H26N2O. The highest BCUT2D eigenvalue weighted by Gasteiger charge is 2.18. The van der Waals surface area contributed by atoms with Gasteiger partial charge in [-0.3, -0.25) is 4.98 Å². The van der Waals surface area contributed by atoms with E-state index < -0.39 is 0 Å². The minimum absolute atomic E-state index is 0.0533. The molecule has 1 N–H and O–H groups in total. The number of hydrogen-bond donors (Lipinski definition) is 1. The first-order valence-electron chi connectivity index (χ1n) is 7.53. The third kappa shape index (κ3) is 3.80. The third-order valence-corrected chi connectivity index (χ3v) is 3.69. The molecule has 0 aliphatic rings. The molecule has 3 nitrogen and oxygen atoms in total. The van der Waals surface area contributed by atoms with Crippen LogP contribution in [0, 0.1) is 6.92 Å². The summed E-state index contributed by atoms with van der Waals surface area (Å²) in [5.74, 6) is 0. The Balaban J connectivity index is 2.43. The summed E-state index contributed by atoms with van der Waals surface area (Å²) < 4.78 is 5.09. The van der Waals surface area contributed by atoms with Crippen molar-refractivity contribution in [3.63, 3.8) is 0 Å². The molecular weight excluding hydrogens is 260 g/mol. The van der Waals surface area contributed by atoms with Gasteiger partial charge in [0.1, 0.15) is 0 Å². The summed E-state index contributed by atoms with van der Waals surface area (Å²) in [6.45, 7) is 11.2. The number of rotatable bonds is 5. The van der Waals surface area contributed by atoms with E-state index >= 15 is 0 Å². The fourth-order valence-corrected chi connectivity index (χ4v) is 2.39. The monoisotopic (exact) mass is 286 g/mol. The summed E-state index contributed by atoms with van der Waals surface area (Å²) in [6.07, 6.45) is 0. The van der Waals surface area contributed by atoms with Crippen LogP contribution in [0.2, 0.25) is 0 Å². The van der Waals surface area contributed by atoms with Crippen molar-refractivity contribution in [1.82, 2.24) is 10.3 Å². The van der Waals surface area contributed by atoms with Crippen molar-refractivity contribution in [3.05, 3.63) is 41.1 Å². The number of hydrogen-bond acceptors (Lipinski definition) is 3. The van der Waals surface area contributed by atoms with Crippen LogP contribution in [0.4, 0.5) is 0 Å². The second kappa shape index (κ2) is 6.54. The number of aryl methyl sites for hydroxylation is 1. The maximum atomic E-state index is 5.09. The summed E-state index contributed by atoms with van der Waals surface area (Å²) in [5.41, 5.74) is 4.86. The largest absolute Gasteiger partial charge is 0.383 e. The Morgan fingerprint density at radius 2 is 2.00 bits per heavy atom. The molecule has 0 spiro atoms. The first-order chi connectivity index (χ1) is 9.93. The Bertz CT molecular complexity index is 614. The van der Waals surface area contributed by atoms with Crippen molar-refractivity contribution in [3.8, 4) is 0 Å². The summed E-state index contributed by atoms with van der Waals surface area (Å²) in [6, 6.07) is 8.63. The number of nitrogens with one attached hydrogen (secondary N) is 1. The average Bonchev–Trinajstić information content (AvgIpc) is 2.43. The van der Waals surface area contributed by atoms with Gasteiger partial charge in [-0.15, -0.1) is 0 Å². The van der Waals surface area contributed by atoms with Crippen LogP contribution in [0.1, 0.15) is 37.6 Å². The minimum Gasteiger partial charge on any atom is -0.383 e. The van der Waals surface area contributed by atoms with E-state index in [9.17, 15) is 0 Å². The van der Waals surface area contributed by atoms with Crippen LogP contribution in [0.3, 0.4) is 0 Å². The van der Waals surface area contributed by atoms with Gasteiger partial charge in [0.25, 0.3) is 0 Å². The summed E-state index contributed by atoms with van der Waals surface area (Å²) >= 11 is 0. The first kappa shape index (κ1) is 15.9. The molecule has 0 radical (unpaired) electrons. The van der Waals surface area contributed by atoms with Gasteiger partial charge in [-0.05, 0) is 24.1 Å². The molecule has 3 heteroatoms. The van der Waals surface area contributed by atoms with Crippen molar-refractivity contribution in [2.24, 2.45) is 0 Å². The minimum atomic E-state index is 0.0533. The topological polar surface area (TPSA) is 34.1 Å². The molecule has 0 aliphatic heterocycles. The molecule has 0 atom stereocenters. The van der Waals surface area contributed by atoms with Gasteiger partial charge in [0, 0.05) is 36.7 Å². The van der Waals surface area contributed by atoms with Crippen molar-refractivity contribution in [2.45, 2.75) is 39.7 Å². The number of fused-ring (bicyclic) bond motifs is 1. The second-order valence-electron chi connectivity index (χ2n) is 6.56. The Kier molecular flexibility index (Phi) is 4.96. The lowest BCUT2D eigenvalue weighted by atomic mass is 9.89. The molecule has 0 amide bonds. The van der Waals surface area contributed by atoms with E-state index in [2.05, 4.69) is 57.3 Å². The van der Waals surface area contributed by atoms with Gasteiger partial charge < -0.3 is 10.1 Å². The SMILES string of the molecule is COCCNCc1cc(C(C)(C)C)nc2c(C)cccc12. The van der Waals surface area contributed by atoms with Crippen molar-refractivity contribution < 1.29 is 4.74 Å². The Morgan fingerprint density at radius 1 is 1.24 bits per heavy atom. The molecule has 2 rings (SSSR count). The van der Waals surface area contributed by atoms with Gasteiger partial charge in [-0.1, -0.05) is 39.0 Å². The maximum Gasteiger partial charge on any atom is 0.0737 e. The Morgan fingerprint density at radius 3 is 2.67 bits per heavy atom. The number of methoxy groups -OCH3 is 1. The maximum absolute atomic E-state index is 5.09. The number of pyridine rings is 1. The van der Waals surface area contributed by atoms with Gasteiger partial charge in [0.2, 0.25) is 0 Å². The number of nitrogens with zero attached hydrogens (tertiary/aromatic N) is 1. The van der Waals surface area contributed by atoms with Gasteiger partial charge in [0.05, 0.1) is 12.1 Å². The molecule has 21 heavy (non-hydrogen) atoms. The van der Waals surface area contributed by atoms with E-state index in [0.717, 1.165) is 30.9 Å². The normalized spacial score (nSPS) is 12.0. The Labute approximate surface area is 127 Å². The van der Waals surface area contributed by atoms with Gasteiger partial charge >= 0.3 is 0 Å². The molecule has 0 aliphatic carbocycles. The van der Waals surface area contributed by atoms with E-state index in [0.29, 0.717) is 0 Å². The lowest BCUT2D eigenvalue weighted by Crippen LogP contribution is -2.20. The average molecular weight is 286 g/mol. The fraction of sp³-hybridized carbons (Fsp3) is 0.500. The van der Waals surface area contributed by atoms with Crippen LogP contribution < -0.4 is 5.32 Å². The molecule has 114 valence electrons. The summed E-state index contributed by atoms with van der Waals surface area (Å²) in [4.78, 5) is 4.90. The van der Waals surface area contributed by atoms with Crippen LogP contribution in [0.25, 0.3) is 10.9 Å². The van der Waals surface area contributed by atoms with Crippen molar-refractivity contribution >= 4 is 10.9 Å². The second-order valence-corrected chi connectivity index (χ2v) is 6.56.